The SMILES string of the molecule is CC(=O)C(Cc1cncc(C)c1)C(C)C. The van der Waals surface area contributed by atoms with Gasteiger partial charge in [-0.3, -0.25) is 9.78 Å². The first-order valence-corrected chi connectivity index (χ1v) is 5.41. The van der Waals surface area contributed by atoms with Crippen LogP contribution in [-0.4, -0.2) is 10.8 Å². The molecule has 15 heavy (non-hydrogen) atoms. The second-order valence-corrected chi connectivity index (χ2v) is 4.54. The van der Waals surface area contributed by atoms with Gasteiger partial charge in [0.2, 0.25) is 0 Å². The first kappa shape index (κ1) is 11.9. The van der Waals surface area contributed by atoms with Crippen molar-refractivity contribution in [1.29, 1.82) is 0 Å². The van der Waals surface area contributed by atoms with Crippen LogP contribution < -0.4 is 0 Å². The Kier molecular flexibility index (Phi) is 4.01. The predicted molar refractivity (Wildman–Crippen MR) is 61.7 cm³/mol. The van der Waals surface area contributed by atoms with E-state index in [4.69, 9.17) is 0 Å². The molecular weight excluding hydrogens is 186 g/mol. The lowest BCUT2D eigenvalue weighted by Gasteiger charge is -2.17. The normalized spacial score (nSPS) is 12.9. The number of Topliss-reactive ketones (excluding diaryl/α,β-unsaturated/α-hetero) is 1. The van der Waals surface area contributed by atoms with Crippen molar-refractivity contribution in [3.8, 4) is 0 Å². The Bertz CT molecular complexity index is 344. The van der Waals surface area contributed by atoms with Crippen molar-refractivity contribution in [2.24, 2.45) is 11.8 Å². The topological polar surface area (TPSA) is 30.0 Å². The van der Waals surface area contributed by atoms with Crippen LogP contribution in [0.3, 0.4) is 0 Å². The highest BCUT2D eigenvalue weighted by molar-refractivity contribution is 5.78. The van der Waals surface area contributed by atoms with Crippen LogP contribution in [0.1, 0.15) is 31.9 Å². The van der Waals surface area contributed by atoms with Gasteiger partial charge in [0.25, 0.3) is 0 Å². The maximum Gasteiger partial charge on any atom is 0.133 e. The summed E-state index contributed by atoms with van der Waals surface area (Å²) in [6.07, 6.45) is 4.49. The molecule has 1 heterocycles. The average molecular weight is 205 g/mol. The zero-order valence-corrected chi connectivity index (χ0v) is 9.95. The summed E-state index contributed by atoms with van der Waals surface area (Å²) >= 11 is 0. The number of ketones is 1. The molecular formula is C13H19NO. The number of hydrogen-bond donors (Lipinski definition) is 0. The molecule has 1 aromatic rings. The highest BCUT2D eigenvalue weighted by Crippen LogP contribution is 2.18. The molecule has 82 valence electrons. The second kappa shape index (κ2) is 5.06. The van der Waals surface area contributed by atoms with Gasteiger partial charge in [-0.25, -0.2) is 0 Å². The Hall–Kier alpha value is -1.18. The molecule has 1 atom stereocenters. The smallest absolute Gasteiger partial charge is 0.133 e. The van der Waals surface area contributed by atoms with Crippen molar-refractivity contribution in [1.82, 2.24) is 4.98 Å². The van der Waals surface area contributed by atoms with Crippen molar-refractivity contribution in [2.45, 2.75) is 34.1 Å². The minimum atomic E-state index is 0.119. The third kappa shape index (κ3) is 3.46. The molecule has 0 spiro atoms. The zero-order chi connectivity index (χ0) is 11.4. The molecule has 0 bridgehead atoms. The Balaban J connectivity index is 2.79. The fourth-order valence-corrected chi connectivity index (χ4v) is 1.83. The van der Waals surface area contributed by atoms with Crippen LogP contribution in [-0.2, 0) is 11.2 Å². The van der Waals surface area contributed by atoms with Gasteiger partial charge in [0, 0.05) is 18.3 Å². The lowest BCUT2D eigenvalue weighted by molar-refractivity contribution is -0.121. The van der Waals surface area contributed by atoms with Crippen LogP contribution in [0.15, 0.2) is 18.5 Å². The number of aryl methyl sites for hydroxylation is 1. The van der Waals surface area contributed by atoms with E-state index in [0.29, 0.717) is 5.92 Å². The first-order valence-electron chi connectivity index (χ1n) is 5.41. The van der Waals surface area contributed by atoms with Gasteiger partial charge >= 0.3 is 0 Å². The van der Waals surface area contributed by atoms with Crippen molar-refractivity contribution in [2.75, 3.05) is 0 Å². The number of aromatic nitrogens is 1. The number of nitrogens with zero attached hydrogens (tertiary/aromatic N) is 1. The van der Waals surface area contributed by atoms with Gasteiger partial charge in [0.15, 0.2) is 0 Å². The van der Waals surface area contributed by atoms with Gasteiger partial charge in [0.05, 0.1) is 0 Å². The van der Waals surface area contributed by atoms with Crippen molar-refractivity contribution >= 4 is 5.78 Å². The number of carbonyl (C=O) groups excluding carboxylic acids is 1. The highest BCUT2D eigenvalue weighted by atomic mass is 16.1. The van der Waals surface area contributed by atoms with E-state index in [1.54, 1.807) is 6.92 Å². The van der Waals surface area contributed by atoms with E-state index >= 15 is 0 Å². The minimum Gasteiger partial charge on any atom is -0.300 e. The van der Waals surface area contributed by atoms with Crippen molar-refractivity contribution in [3.63, 3.8) is 0 Å². The van der Waals surface area contributed by atoms with Gasteiger partial charge in [-0.2, -0.15) is 0 Å². The summed E-state index contributed by atoms with van der Waals surface area (Å²) in [6.45, 7) is 7.88. The highest BCUT2D eigenvalue weighted by Gasteiger charge is 2.18. The van der Waals surface area contributed by atoms with Gasteiger partial charge in [-0.1, -0.05) is 19.9 Å². The lowest BCUT2D eigenvalue weighted by atomic mass is 9.86. The third-order valence-electron chi connectivity index (χ3n) is 2.71. The summed E-state index contributed by atoms with van der Waals surface area (Å²) in [5.41, 5.74) is 2.31. The second-order valence-electron chi connectivity index (χ2n) is 4.54. The molecule has 0 radical (unpaired) electrons. The lowest BCUT2D eigenvalue weighted by Crippen LogP contribution is -2.20. The Morgan fingerprint density at radius 1 is 1.40 bits per heavy atom. The average Bonchev–Trinajstić information content (AvgIpc) is 2.13. The van der Waals surface area contributed by atoms with E-state index < -0.39 is 0 Å². The molecule has 0 amide bonds. The van der Waals surface area contributed by atoms with E-state index in [0.717, 1.165) is 17.5 Å². The summed E-state index contributed by atoms with van der Waals surface area (Å²) in [5, 5.41) is 0. The maximum absolute atomic E-state index is 11.5. The van der Waals surface area contributed by atoms with Crippen LogP contribution in [0.5, 0.6) is 0 Å². The molecule has 0 fully saturated rings. The molecule has 0 aliphatic carbocycles. The number of pyridine rings is 1. The molecule has 2 heteroatoms. The first-order chi connectivity index (χ1) is 7.00. The third-order valence-corrected chi connectivity index (χ3v) is 2.71. The van der Waals surface area contributed by atoms with E-state index in [1.165, 1.54) is 0 Å². The molecule has 0 aliphatic heterocycles. The monoisotopic (exact) mass is 205 g/mol. The van der Waals surface area contributed by atoms with Gasteiger partial charge < -0.3 is 0 Å². The van der Waals surface area contributed by atoms with Gasteiger partial charge in [0.1, 0.15) is 5.78 Å². The molecule has 2 nitrogen and oxygen atoms in total. The summed E-state index contributed by atoms with van der Waals surface area (Å²) in [5.74, 6) is 0.781. The predicted octanol–water partition coefficient (Wildman–Crippen LogP) is 2.79. The largest absolute Gasteiger partial charge is 0.300 e. The summed E-state index contributed by atoms with van der Waals surface area (Å²) in [4.78, 5) is 15.6. The standard InChI is InChI=1S/C13H19NO/c1-9(2)13(11(4)15)6-12-5-10(3)7-14-8-12/h5,7-9,13H,6H2,1-4H3. The molecule has 0 saturated heterocycles. The summed E-state index contributed by atoms with van der Waals surface area (Å²) in [7, 11) is 0. The van der Waals surface area contributed by atoms with Crippen molar-refractivity contribution < 1.29 is 4.79 Å². The minimum absolute atomic E-state index is 0.119. The fourth-order valence-electron chi connectivity index (χ4n) is 1.83. The van der Waals surface area contributed by atoms with Crippen LogP contribution in [0.4, 0.5) is 0 Å². The Morgan fingerprint density at radius 2 is 2.07 bits per heavy atom. The number of carbonyl (C=O) groups is 1. The molecule has 0 aromatic carbocycles. The van der Waals surface area contributed by atoms with Crippen LogP contribution in [0.2, 0.25) is 0 Å². The molecule has 1 unspecified atom stereocenters. The van der Waals surface area contributed by atoms with Gasteiger partial charge in [-0.05, 0) is 37.3 Å². The number of rotatable bonds is 4. The van der Waals surface area contributed by atoms with Crippen molar-refractivity contribution in [3.05, 3.63) is 29.6 Å². The van der Waals surface area contributed by atoms with Crippen LogP contribution in [0.25, 0.3) is 0 Å². The van der Waals surface area contributed by atoms with Gasteiger partial charge in [-0.15, -0.1) is 0 Å². The molecule has 0 saturated carbocycles. The van der Waals surface area contributed by atoms with E-state index in [1.807, 2.05) is 19.3 Å². The molecule has 1 rings (SSSR count). The summed E-state index contributed by atoms with van der Waals surface area (Å²) in [6, 6.07) is 2.10. The Labute approximate surface area is 91.7 Å². The quantitative estimate of drug-likeness (QED) is 0.756. The maximum atomic E-state index is 11.5. The zero-order valence-electron chi connectivity index (χ0n) is 9.95. The number of hydrogen-bond acceptors (Lipinski definition) is 2. The fraction of sp³-hybridized carbons (Fsp3) is 0.538. The Morgan fingerprint density at radius 3 is 2.53 bits per heavy atom. The van der Waals surface area contributed by atoms with Crippen LogP contribution >= 0.6 is 0 Å². The molecule has 0 aliphatic rings. The molecule has 0 N–H and O–H groups in total. The van der Waals surface area contributed by atoms with E-state index in [-0.39, 0.29) is 11.7 Å². The van der Waals surface area contributed by atoms with E-state index in [2.05, 4.69) is 24.9 Å². The van der Waals surface area contributed by atoms with Crippen LogP contribution in [0, 0.1) is 18.8 Å². The van der Waals surface area contributed by atoms with E-state index in [9.17, 15) is 4.79 Å². The summed E-state index contributed by atoms with van der Waals surface area (Å²) < 4.78 is 0. The molecule has 1 aromatic heterocycles.